The number of thioether (sulfide) groups is 1. The van der Waals surface area contributed by atoms with E-state index in [2.05, 4.69) is 21.2 Å². The number of benzene rings is 1. The molecule has 4 rings (SSSR count). The van der Waals surface area contributed by atoms with Gasteiger partial charge in [-0.05, 0) is 61.4 Å². The molecule has 1 fully saturated rings. The smallest absolute Gasteiger partial charge is 0.253 e. The molecule has 2 heterocycles. The second-order valence-corrected chi connectivity index (χ2v) is 7.42. The van der Waals surface area contributed by atoms with Gasteiger partial charge >= 0.3 is 0 Å². The van der Waals surface area contributed by atoms with E-state index in [0.717, 1.165) is 56.1 Å². The number of carbonyl (C=O) groups is 1. The van der Waals surface area contributed by atoms with Crippen molar-refractivity contribution in [3.05, 3.63) is 47.2 Å². The average molecular weight is 354 g/mol. The number of carbonyl (C=O) groups excluding carboxylic acids is 1. The first kappa shape index (κ1) is 16.4. The van der Waals surface area contributed by atoms with Gasteiger partial charge in [-0.1, -0.05) is 0 Å². The molecule has 1 aromatic carbocycles. The number of aryl methyl sites for hydroxylation is 2. The third kappa shape index (κ3) is 3.35. The van der Waals surface area contributed by atoms with E-state index in [-0.39, 0.29) is 5.91 Å². The Morgan fingerprint density at radius 2 is 1.80 bits per heavy atom. The molecule has 2 aliphatic rings. The molecule has 1 aliphatic carbocycles. The van der Waals surface area contributed by atoms with Crippen LogP contribution in [0.15, 0.2) is 35.2 Å². The summed E-state index contributed by atoms with van der Waals surface area (Å²) in [6, 6.07) is 10.1. The predicted molar refractivity (Wildman–Crippen MR) is 100 cm³/mol. The van der Waals surface area contributed by atoms with Crippen molar-refractivity contribution in [1.29, 1.82) is 0 Å². The van der Waals surface area contributed by atoms with Crippen molar-refractivity contribution in [1.82, 2.24) is 15.1 Å². The Kier molecular flexibility index (Phi) is 4.61. The Balaban J connectivity index is 1.40. The summed E-state index contributed by atoms with van der Waals surface area (Å²) in [7, 11) is 0. The fourth-order valence-corrected chi connectivity index (χ4v) is 3.93. The first-order valence-corrected chi connectivity index (χ1v) is 10.0. The van der Waals surface area contributed by atoms with E-state index in [9.17, 15) is 4.79 Å². The number of aromatic nitrogens is 2. The number of fused-ring (bicyclic) bond motifs is 1. The maximum Gasteiger partial charge on any atom is 0.253 e. The van der Waals surface area contributed by atoms with Gasteiger partial charge < -0.3 is 9.80 Å². The van der Waals surface area contributed by atoms with E-state index in [4.69, 9.17) is 0 Å². The molecule has 1 amide bonds. The number of amides is 1. The first-order chi connectivity index (χ1) is 12.2. The molecule has 0 unspecified atom stereocenters. The molecule has 0 bridgehead atoms. The molecule has 1 saturated heterocycles. The summed E-state index contributed by atoms with van der Waals surface area (Å²) >= 11 is 1.69. The van der Waals surface area contributed by atoms with Gasteiger partial charge in [-0.25, -0.2) is 0 Å². The molecule has 6 heteroatoms. The number of piperazine rings is 1. The van der Waals surface area contributed by atoms with E-state index in [1.807, 2.05) is 35.4 Å². The quantitative estimate of drug-likeness (QED) is 0.793. The van der Waals surface area contributed by atoms with Gasteiger partial charge in [-0.3, -0.25) is 4.79 Å². The van der Waals surface area contributed by atoms with Crippen LogP contribution in [0.25, 0.3) is 0 Å². The average Bonchev–Trinajstić information content (AvgIpc) is 3.15. The monoisotopic (exact) mass is 354 g/mol. The van der Waals surface area contributed by atoms with Crippen molar-refractivity contribution in [2.75, 3.05) is 37.3 Å². The number of nitrogens with zero attached hydrogens (tertiary/aromatic N) is 4. The van der Waals surface area contributed by atoms with Crippen LogP contribution in [0, 0.1) is 0 Å². The van der Waals surface area contributed by atoms with Crippen LogP contribution in [-0.4, -0.2) is 53.4 Å². The minimum atomic E-state index is 0.118. The fourth-order valence-electron chi connectivity index (χ4n) is 3.53. The lowest BCUT2D eigenvalue weighted by Gasteiger charge is -2.35. The van der Waals surface area contributed by atoms with Crippen molar-refractivity contribution in [2.24, 2.45) is 0 Å². The number of hydrogen-bond donors (Lipinski definition) is 0. The number of rotatable bonds is 3. The van der Waals surface area contributed by atoms with Crippen molar-refractivity contribution in [3.63, 3.8) is 0 Å². The molecule has 0 saturated carbocycles. The van der Waals surface area contributed by atoms with Gasteiger partial charge in [0, 0.05) is 36.6 Å². The van der Waals surface area contributed by atoms with E-state index in [0.29, 0.717) is 0 Å². The Morgan fingerprint density at radius 1 is 1.04 bits per heavy atom. The summed E-state index contributed by atoms with van der Waals surface area (Å²) in [5.74, 6) is 1.07. The zero-order valence-electron chi connectivity index (χ0n) is 14.4. The first-order valence-electron chi connectivity index (χ1n) is 8.78. The fraction of sp³-hybridized carbons (Fsp3) is 0.421. The summed E-state index contributed by atoms with van der Waals surface area (Å²) in [5.41, 5.74) is 3.27. The minimum absolute atomic E-state index is 0.118. The topological polar surface area (TPSA) is 49.3 Å². The van der Waals surface area contributed by atoms with Crippen molar-refractivity contribution < 1.29 is 4.79 Å². The molecule has 0 radical (unpaired) electrons. The third-order valence-electron chi connectivity index (χ3n) is 5.03. The van der Waals surface area contributed by atoms with Crippen LogP contribution in [0.1, 0.15) is 28.0 Å². The van der Waals surface area contributed by atoms with Gasteiger partial charge in [-0.15, -0.1) is 16.9 Å². The highest BCUT2D eigenvalue weighted by Crippen LogP contribution is 2.23. The standard InChI is InChI=1S/C19H22N4OS/c1-25-16-7-5-14(6-8-16)19(24)23-11-9-22(10-12-23)18-13-15-3-2-4-17(15)20-21-18/h5-8,13H,2-4,9-12H2,1H3. The highest BCUT2D eigenvalue weighted by molar-refractivity contribution is 7.98. The second-order valence-electron chi connectivity index (χ2n) is 6.54. The van der Waals surface area contributed by atoms with Crippen LogP contribution < -0.4 is 4.90 Å². The number of hydrogen-bond acceptors (Lipinski definition) is 5. The highest BCUT2D eigenvalue weighted by Gasteiger charge is 2.24. The Labute approximate surface area is 152 Å². The molecule has 1 aliphatic heterocycles. The van der Waals surface area contributed by atoms with Crippen LogP contribution >= 0.6 is 11.8 Å². The van der Waals surface area contributed by atoms with Crippen LogP contribution in [-0.2, 0) is 12.8 Å². The molecule has 5 nitrogen and oxygen atoms in total. The highest BCUT2D eigenvalue weighted by atomic mass is 32.2. The SMILES string of the molecule is CSc1ccc(C(=O)N2CCN(c3cc4c(nn3)CCC4)CC2)cc1. The second kappa shape index (κ2) is 7.04. The Hall–Kier alpha value is -2.08. The molecule has 1 aromatic heterocycles. The summed E-state index contributed by atoms with van der Waals surface area (Å²) < 4.78 is 0. The minimum Gasteiger partial charge on any atom is -0.352 e. The molecule has 2 aromatic rings. The lowest BCUT2D eigenvalue weighted by Crippen LogP contribution is -2.49. The molecule has 25 heavy (non-hydrogen) atoms. The van der Waals surface area contributed by atoms with E-state index >= 15 is 0 Å². The molecular weight excluding hydrogens is 332 g/mol. The summed E-state index contributed by atoms with van der Waals surface area (Å²) in [4.78, 5) is 18.0. The molecule has 130 valence electrons. The zero-order valence-corrected chi connectivity index (χ0v) is 15.3. The lowest BCUT2D eigenvalue weighted by atomic mass is 10.1. The van der Waals surface area contributed by atoms with Crippen LogP contribution in [0.5, 0.6) is 0 Å². The van der Waals surface area contributed by atoms with Crippen molar-refractivity contribution >= 4 is 23.5 Å². The maximum atomic E-state index is 12.7. The van der Waals surface area contributed by atoms with Crippen molar-refractivity contribution in [3.8, 4) is 0 Å². The van der Waals surface area contributed by atoms with Crippen LogP contribution in [0.2, 0.25) is 0 Å². The van der Waals surface area contributed by atoms with Crippen LogP contribution in [0.3, 0.4) is 0 Å². The van der Waals surface area contributed by atoms with Gasteiger partial charge in [-0.2, -0.15) is 5.10 Å². The van der Waals surface area contributed by atoms with E-state index < -0.39 is 0 Å². The summed E-state index contributed by atoms with van der Waals surface area (Å²) in [5, 5.41) is 8.77. The molecule has 0 atom stereocenters. The van der Waals surface area contributed by atoms with Crippen LogP contribution in [0.4, 0.5) is 5.82 Å². The predicted octanol–water partition coefficient (Wildman–Crippen LogP) is 2.65. The summed E-state index contributed by atoms with van der Waals surface area (Å²) in [6.45, 7) is 3.06. The number of anilines is 1. The molecule has 0 N–H and O–H groups in total. The Morgan fingerprint density at radius 3 is 2.52 bits per heavy atom. The third-order valence-corrected chi connectivity index (χ3v) is 5.78. The summed E-state index contributed by atoms with van der Waals surface area (Å²) in [6.07, 6.45) is 5.39. The zero-order chi connectivity index (χ0) is 17.2. The van der Waals surface area contributed by atoms with E-state index in [1.54, 1.807) is 11.8 Å². The molecular formula is C19H22N4OS. The van der Waals surface area contributed by atoms with Gasteiger partial charge in [0.25, 0.3) is 5.91 Å². The normalized spacial score (nSPS) is 16.8. The Bertz CT molecular complexity index is 769. The largest absolute Gasteiger partial charge is 0.352 e. The van der Waals surface area contributed by atoms with Gasteiger partial charge in [0.15, 0.2) is 5.82 Å². The maximum absolute atomic E-state index is 12.7. The lowest BCUT2D eigenvalue weighted by molar-refractivity contribution is 0.0746. The van der Waals surface area contributed by atoms with Crippen molar-refractivity contribution in [2.45, 2.75) is 24.2 Å². The van der Waals surface area contributed by atoms with Gasteiger partial charge in [0.1, 0.15) is 0 Å². The van der Waals surface area contributed by atoms with E-state index in [1.165, 1.54) is 16.9 Å². The molecule has 0 spiro atoms. The van der Waals surface area contributed by atoms with Gasteiger partial charge in [0.2, 0.25) is 0 Å². The van der Waals surface area contributed by atoms with Gasteiger partial charge in [0.05, 0.1) is 5.69 Å².